The number of hydrogen-bond donors (Lipinski definition) is 3. The van der Waals surface area contributed by atoms with Crippen LogP contribution in [0.5, 0.6) is 11.5 Å². The number of carbonyl (C=O) groups is 1. The second-order valence-electron chi connectivity index (χ2n) is 17.7. The second kappa shape index (κ2) is 26.2. The van der Waals surface area contributed by atoms with Crippen molar-refractivity contribution in [3.8, 4) is 56.4 Å². The van der Waals surface area contributed by atoms with Crippen molar-refractivity contribution < 1.29 is 67.1 Å². The van der Waals surface area contributed by atoms with Crippen molar-refractivity contribution >= 4 is 65.3 Å². The van der Waals surface area contributed by atoms with Crippen LogP contribution < -0.4 is 10.9 Å². The Balaban J connectivity index is 0.000000209. The first kappa shape index (κ1) is 56.7. The SMILES string of the molecule is Cc1nnc(/C=C/c2cccc(-c3c4cc(F)c(=O)cc-4oc4cc(O)c(F)cc34)c2)c2c1CCCC(O)CC2.Cc1nnc(/C=C/c2cccc(-c3c4cc(F)c(=O)cc-4oc4cc(O)c(F)cc34)c2)nn1.O=C=O.O=C=O.[3H]C=O. The molecule has 0 spiro atoms. The van der Waals surface area contributed by atoms with E-state index in [4.69, 9.17) is 34.2 Å². The molecule has 4 aromatic carbocycles. The quantitative estimate of drug-likeness (QED) is 0.103. The molecule has 3 aliphatic carbocycles. The van der Waals surface area contributed by atoms with Gasteiger partial charge in [-0.15, -0.1) is 20.4 Å². The summed E-state index contributed by atoms with van der Waals surface area (Å²) in [6.45, 7) is 3.64. The Morgan fingerprint density at radius 3 is 1.58 bits per heavy atom. The highest BCUT2D eigenvalue weighted by Gasteiger charge is 2.24. The van der Waals surface area contributed by atoms with Gasteiger partial charge in [-0.1, -0.05) is 48.6 Å². The third-order valence-electron chi connectivity index (χ3n) is 12.6. The Kier molecular flexibility index (Phi) is 18.3. The maximum Gasteiger partial charge on any atom is 0.373 e. The number of phenols is 2. The molecule has 0 bridgehead atoms. The van der Waals surface area contributed by atoms with Gasteiger partial charge in [-0.05, 0) is 128 Å². The van der Waals surface area contributed by atoms with Gasteiger partial charge in [-0.25, -0.2) is 17.6 Å². The number of phenolic OH excluding ortho intramolecular Hbond substituents is 2. The monoisotopic (exact) mass is 1100 g/mol. The first-order valence-electron chi connectivity index (χ1n) is 24.6. The molecule has 2 aromatic heterocycles. The fourth-order valence-corrected chi connectivity index (χ4v) is 9.06. The number of aromatic hydroxyl groups is 2. The van der Waals surface area contributed by atoms with Gasteiger partial charge in [-0.3, -0.25) is 9.59 Å². The number of benzene rings is 6. The summed E-state index contributed by atoms with van der Waals surface area (Å²) in [6.07, 6.45) is 11.3. The molecule has 0 saturated carbocycles. The maximum absolute atomic E-state index is 14.5. The van der Waals surface area contributed by atoms with Crippen molar-refractivity contribution in [1.82, 2.24) is 30.6 Å². The number of aliphatic hydroxyl groups excluding tert-OH is 1. The molecule has 0 fully saturated rings. The lowest BCUT2D eigenvalue weighted by Gasteiger charge is -2.19. The highest BCUT2D eigenvalue weighted by molar-refractivity contribution is 6.04. The second-order valence-corrected chi connectivity index (χ2v) is 17.7. The topological polar surface area (TPSA) is 284 Å². The van der Waals surface area contributed by atoms with E-state index in [1.165, 1.54) is 5.56 Å². The molecule has 1 atom stereocenters. The summed E-state index contributed by atoms with van der Waals surface area (Å²) in [7, 11) is 0. The number of hydrogen-bond acceptors (Lipinski definition) is 18. The van der Waals surface area contributed by atoms with E-state index in [1.807, 2.05) is 49.4 Å². The van der Waals surface area contributed by atoms with Gasteiger partial charge in [-0.2, -0.15) is 29.4 Å². The smallest absolute Gasteiger partial charge is 0.373 e. The molecule has 408 valence electrons. The summed E-state index contributed by atoms with van der Waals surface area (Å²) in [5, 5.41) is 55.0. The number of aryl methyl sites for hydroxylation is 2. The van der Waals surface area contributed by atoms with Gasteiger partial charge in [0.1, 0.15) is 30.8 Å². The van der Waals surface area contributed by atoms with Crippen molar-refractivity contribution in [2.45, 2.75) is 52.1 Å². The normalized spacial score (nSPS) is 12.9. The van der Waals surface area contributed by atoms with E-state index >= 15 is 0 Å². The lowest BCUT2D eigenvalue weighted by Crippen LogP contribution is -2.15. The van der Waals surface area contributed by atoms with Gasteiger partial charge in [0.25, 0.3) is 0 Å². The van der Waals surface area contributed by atoms with Crippen LogP contribution in [0, 0.1) is 37.1 Å². The molecule has 3 N–H and O–H groups in total. The predicted molar refractivity (Wildman–Crippen MR) is 284 cm³/mol. The minimum atomic E-state index is -0.954. The van der Waals surface area contributed by atoms with Gasteiger partial charge in [0.2, 0.25) is 10.9 Å². The zero-order valence-corrected chi connectivity index (χ0v) is 42.4. The van der Waals surface area contributed by atoms with Crippen LogP contribution in [0.3, 0.4) is 0 Å². The maximum atomic E-state index is 14.5. The van der Waals surface area contributed by atoms with E-state index in [9.17, 15) is 42.5 Å². The van der Waals surface area contributed by atoms with Crippen LogP contribution in [0.15, 0.2) is 115 Å². The van der Waals surface area contributed by atoms with Crippen molar-refractivity contribution in [2.75, 3.05) is 0 Å². The van der Waals surface area contributed by atoms with E-state index in [-0.39, 0.29) is 47.9 Å². The van der Waals surface area contributed by atoms with Crippen LogP contribution >= 0.6 is 0 Å². The third kappa shape index (κ3) is 13.4. The fourth-order valence-electron chi connectivity index (χ4n) is 9.06. The standard InChI is InChI=1S/C32H26F2N2O4.C24H14F2N4O3.2CO2.CH2O/c1-17-21-7-3-6-20(37)9-10-22(21)27(36-35-17)11-8-18-4-2-5-19(12-18)32-23-13-25(33)28(38)15-30(23)40-31-16-29(39)26(34)14-24(31)32;1-12-27-29-23(30-28-12)6-5-13-3-2-4-14(7-13)24-15-8-17(25)19(31)10-21(15)33-22-11-20(32)18(26)9-16(22)24;2*2-1-3;1-2/h2,4-5,8,11-16,20,37-38H,3,6-7,9-10H2,1H3;2-11,31H,1H3;;;1H2/b11-8+;6-5+;;;/i;;;;1T. The van der Waals surface area contributed by atoms with E-state index in [0.717, 1.165) is 95.9 Å². The third-order valence-corrected chi connectivity index (χ3v) is 12.6. The summed E-state index contributed by atoms with van der Waals surface area (Å²) in [4.78, 5) is 64.8. The molecular formula is C59H42F4N6O12. The first-order valence-corrected chi connectivity index (χ1v) is 24.0. The van der Waals surface area contributed by atoms with E-state index in [1.54, 1.807) is 37.3 Å². The van der Waals surface area contributed by atoms with Crippen molar-refractivity contribution in [2.24, 2.45) is 0 Å². The van der Waals surface area contributed by atoms with Crippen LogP contribution in [0.2, 0.25) is 0 Å². The number of carbonyl (C=O) groups excluding carboxylic acids is 5. The molecule has 4 heterocycles. The number of aromatic nitrogens is 6. The molecule has 0 saturated heterocycles. The van der Waals surface area contributed by atoms with Crippen LogP contribution in [-0.2, 0) is 36.8 Å². The fraction of sp³-hybridized carbons (Fsp3) is 0.136. The molecule has 1 unspecified atom stereocenters. The minimum absolute atomic E-state index is 0. The Morgan fingerprint density at radius 2 is 1.09 bits per heavy atom. The molecular weight excluding hydrogens is 1060 g/mol. The van der Waals surface area contributed by atoms with Crippen molar-refractivity contribution in [1.29, 1.82) is 0 Å². The zero-order chi connectivity index (χ0) is 59.2. The predicted octanol–water partition coefficient (Wildman–Crippen LogP) is 9.70. The van der Waals surface area contributed by atoms with Gasteiger partial charge >= 0.3 is 12.3 Å². The Labute approximate surface area is 456 Å². The number of halogens is 4. The highest BCUT2D eigenvalue weighted by atomic mass is 19.1. The van der Waals surface area contributed by atoms with Crippen LogP contribution in [-0.4, -0.2) is 71.1 Å². The Bertz CT molecular complexity index is 4190. The van der Waals surface area contributed by atoms with Crippen LogP contribution in [0.1, 0.15) is 65.9 Å². The van der Waals surface area contributed by atoms with Gasteiger partial charge in [0, 0.05) is 57.3 Å². The molecule has 0 amide bonds. The number of fused-ring (bicyclic) bond motifs is 5. The molecule has 5 aliphatic rings. The van der Waals surface area contributed by atoms with Crippen LogP contribution in [0.25, 0.3) is 91.1 Å². The summed E-state index contributed by atoms with van der Waals surface area (Å²) in [6, 6.07) is 23.4. The average Bonchev–Trinajstić information content (AvgIpc) is 3.64. The number of nitrogens with zero attached hydrogens (tertiary/aromatic N) is 6. The van der Waals surface area contributed by atoms with Gasteiger partial charge in [0.15, 0.2) is 46.4 Å². The minimum Gasteiger partial charge on any atom is -0.505 e. The molecule has 22 heteroatoms. The molecule has 11 rings (SSSR count). The average molecular weight is 1110 g/mol. The van der Waals surface area contributed by atoms with E-state index < -0.39 is 45.6 Å². The molecule has 2 aliphatic heterocycles. The van der Waals surface area contributed by atoms with Crippen molar-refractivity contribution in [3.05, 3.63) is 186 Å². The molecule has 81 heavy (non-hydrogen) atoms. The lowest BCUT2D eigenvalue weighted by atomic mass is 9.90. The van der Waals surface area contributed by atoms with E-state index in [0.29, 0.717) is 68.6 Å². The summed E-state index contributed by atoms with van der Waals surface area (Å²) >= 11 is 0. The first-order chi connectivity index (χ1) is 39.4. The van der Waals surface area contributed by atoms with Crippen molar-refractivity contribution in [3.63, 3.8) is 0 Å². The zero-order valence-electron chi connectivity index (χ0n) is 43.4. The summed E-state index contributed by atoms with van der Waals surface area (Å²) < 4.78 is 74.3. The number of aliphatic hydroxyl groups is 1. The summed E-state index contributed by atoms with van der Waals surface area (Å²) in [5.74, 6) is -3.79. The van der Waals surface area contributed by atoms with Gasteiger partial charge < -0.3 is 28.9 Å². The number of rotatable bonds is 6. The Morgan fingerprint density at radius 1 is 0.605 bits per heavy atom. The summed E-state index contributed by atoms with van der Waals surface area (Å²) in [5.41, 5.74) is 6.92. The van der Waals surface area contributed by atoms with E-state index in [2.05, 4.69) is 30.6 Å². The van der Waals surface area contributed by atoms with Crippen LogP contribution in [0.4, 0.5) is 17.6 Å². The molecule has 6 aromatic rings. The Hall–Kier alpha value is -10.5. The molecule has 18 nitrogen and oxygen atoms in total. The lowest BCUT2D eigenvalue weighted by molar-refractivity contribution is -0.193. The largest absolute Gasteiger partial charge is 0.505 e. The molecule has 0 radical (unpaired) electrons. The van der Waals surface area contributed by atoms with Gasteiger partial charge in [0.05, 0.1) is 17.5 Å². The highest BCUT2D eigenvalue weighted by Crippen LogP contribution is 2.44.